The zero-order valence-corrected chi connectivity index (χ0v) is 10.1. The Kier molecular flexibility index (Phi) is 3.58. The quantitative estimate of drug-likeness (QED) is 0.524. The van der Waals surface area contributed by atoms with Gasteiger partial charge < -0.3 is 20.0 Å². The zero-order valence-electron chi connectivity index (χ0n) is 10.1. The summed E-state index contributed by atoms with van der Waals surface area (Å²) in [6, 6.07) is 1.84. The van der Waals surface area contributed by atoms with Crippen molar-refractivity contribution in [3.8, 4) is 5.75 Å². The highest BCUT2D eigenvalue weighted by atomic mass is 16.5. The van der Waals surface area contributed by atoms with Crippen LogP contribution in [0.1, 0.15) is 11.5 Å². The van der Waals surface area contributed by atoms with Gasteiger partial charge >= 0.3 is 0 Å². The van der Waals surface area contributed by atoms with E-state index in [9.17, 15) is 0 Å². The van der Waals surface area contributed by atoms with Crippen molar-refractivity contribution < 1.29 is 9.26 Å². The van der Waals surface area contributed by atoms with Crippen molar-refractivity contribution in [1.82, 2.24) is 15.1 Å². The Bertz CT molecular complexity index is 527. The van der Waals surface area contributed by atoms with Crippen LogP contribution < -0.4 is 21.3 Å². The van der Waals surface area contributed by atoms with E-state index in [0.29, 0.717) is 29.7 Å². The fourth-order valence-corrected chi connectivity index (χ4v) is 1.47. The van der Waals surface area contributed by atoms with Crippen molar-refractivity contribution in [3.05, 3.63) is 23.8 Å². The van der Waals surface area contributed by atoms with Gasteiger partial charge in [-0.3, -0.25) is 0 Å². The van der Waals surface area contributed by atoms with Gasteiger partial charge in [-0.25, -0.2) is 15.8 Å². The highest BCUT2D eigenvalue weighted by molar-refractivity contribution is 5.62. The SMILES string of the molecule is COc1c(NN)ncnc1NCc1cc(C)no1. The summed E-state index contributed by atoms with van der Waals surface area (Å²) >= 11 is 0. The average molecular weight is 250 g/mol. The minimum Gasteiger partial charge on any atom is -0.490 e. The molecular formula is C10H14N6O2. The monoisotopic (exact) mass is 250 g/mol. The number of nitrogens with zero attached hydrogens (tertiary/aromatic N) is 3. The van der Waals surface area contributed by atoms with Gasteiger partial charge in [0.2, 0.25) is 5.75 Å². The van der Waals surface area contributed by atoms with Crippen molar-refractivity contribution >= 4 is 11.6 Å². The van der Waals surface area contributed by atoms with Crippen LogP contribution in [0.2, 0.25) is 0 Å². The number of aromatic nitrogens is 3. The first-order valence-corrected chi connectivity index (χ1v) is 5.26. The Balaban J connectivity index is 2.13. The fraction of sp³-hybridized carbons (Fsp3) is 0.300. The molecule has 0 bridgehead atoms. The molecule has 0 saturated heterocycles. The summed E-state index contributed by atoms with van der Waals surface area (Å²) in [7, 11) is 1.52. The van der Waals surface area contributed by atoms with E-state index in [-0.39, 0.29) is 0 Å². The van der Waals surface area contributed by atoms with E-state index in [0.717, 1.165) is 5.69 Å². The summed E-state index contributed by atoms with van der Waals surface area (Å²) < 4.78 is 10.3. The zero-order chi connectivity index (χ0) is 13.0. The summed E-state index contributed by atoms with van der Waals surface area (Å²) in [4.78, 5) is 8.01. The molecule has 2 rings (SSSR count). The molecule has 2 heterocycles. The third kappa shape index (κ3) is 2.48. The van der Waals surface area contributed by atoms with Gasteiger partial charge in [0.05, 0.1) is 19.3 Å². The van der Waals surface area contributed by atoms with Gasteiger partial charge in [-0.1, -0.05) is 5.16 Å². The number of rotatable bonds is 5. The summed E-state index contributed by atoms with van der Waals surface area (Å²) in [6.45, 7) is 2.30. The average Bonchev–Trinajstić information content (AvgIpc) is 2.81. The lowest BCUT2D eigenvalue weighted by atomic mass is 10.4. The van der Waals surface area contributed by atoms with Gasteiger partial charge in [-0.05, 0) is 6.92 Å². The van der Waals surface area contributed by atoms with E-state index >= 15 is 0 Å². The molecule has 96 valence electrons. The summed E-state index contributed by atoms with van der Waals surface area (Å²) in [5, 5.41) is 6.86. The number of hydrogen-bond donors (Lipinski definition) is 3. The van der Waals surface area contributed by atoms with Gasteiger partial charge in [-0.2, -0.15) is 0 Å². The van der Waals surface area contributed by atoms with Crippen LogP contribution in [0.4, 0.5) is 11.6 Å². The lowest BCUT2D eigenvalue weighted by molar-refractivity contribution is 0.383. The molecule has 0 aliphatic heterocycles. The molecule has 0 radical (unpaired) electrons. The first kappa shape index (κ1) is 12.1. The van der Waals surface area contributed by atoms with Crippen molar-refractivity contribution in [2.75, 3.05) is 17.9 Å². The molecule has 0 aliphatic carbocycles. The second kappa shape index (κ2) is 5.32. The summed E-state index contributed by atoms with van der Waals surface area (Å²) in [6.07, 6.45) is 1.38. The number of nitrogens with two attached hydrogens (primary N) is 1. The van der Waals surface area contributed by atoms with Gasteiger partial charge in [0.15, 0.2) is 17.4 Å². The lowest BCUT2D eigenvalue weighted by Gasteiger charge is -2.11. The maximum atomic E-state index is 5.33. The number of aryl methyl sites for hydroxylation is 1. The summed E-state index contributed by atoms with van der Waals surface area (Å²) in [5.41, 5.74) is 3.26. The van der Waals surface area contributed by atoms with Crippen LogP contribution in [0, 0.1) is 6.92 Å². The molecule has 2 aromatic heterocycles. The van der Waals surface area contributed by atoms with E-state index in [1.807, 2.05) is 13.0 Å². The van der Waals surface area contributed by atoms with E-state index < -0.39 is 0 Å². The maximum absolute atomic E-state index is 5.33. The van der Waals surface area contributed by atoms with Crippen molar-refractivity contribution in [2.45, 2.75) is 13.5 Å². The second-order valence-electron chi connectivity index (χ2n) is 3.54. The van der Waals surface area contributed by atoms with Crippen molar-refractivity contribution in [2.24, 2.45) is 5.84 Å². The molecule has 0 aromatic carbocycles. The van der Waals surface area contributed by atoms with Crippen LogP contribution in [-0.4, -0.2) is 22.2 Å². The maximum Gasteiger partial charge on any atom is 0.205 e. The molecule has 0 aliphatic rings. The minimum absolute atomic E-state index is 0.406. The predicted molar refractivity (Wildman–Crippen MR) is 65.0 cm³/mol. The normalized spacial score (nSPS) is 10.2. The number of methoxy groups -OCH3 is 1. The topological polar surface area (TPSA) is 111 Å². The van der Waals surface area contributed by atoms with Crippen LogP contribution in [-0.2, 0) is 6.54 Å². The van der Waals surface area contributed by atoms with Crippen LogP contribution in [0.15, 0.2) is 16.9 Å². The molecule has 0 amide bonds. The summed E-state index contributed by atoms with van der Waals surface area (Å²) in [5.74, 6) is 7.40. The number of hydrazine groups is 1. The van der Waals surface area contributed by atoms with Gasteiger partial charge in [0.1, 0.15) is 6.33 Å². The number of ether oxygens (including phenoxy) is 1. The Morgan fingerprint density at radius 3 is 2.78 bits per heavy atom. The molecule has 18 heavy (non-hydrogen) atoms. The molecule has 8 nitrogen and oxygen atoms in total. The Hall–Kier alpha value is -2.35. The van der Waals surface area contributed by atoms with Crippen molar-refractivity contribution in [1.29, 1.82) is 0 Å². The second-order valence-corrected chi connectivity index (χ2v) is 3.54. The molecule has 0 unspecified atom stereocenters. The van der Waals surface area contributed by atoms with Crippen LogP contribution >= 0.6 is 0 Å². The van der Waals surface area contributed by atoms with E-state index in [4.69, 9.17) is 15.1 Å². The highest BCUT2D eigenvalue weighted by Crippen LogP contribution is 2.28. The molecule has 2 aromatic rings. The number of hydrogen-bond acceptors (Lipinski definition) is 8. The molecule has 4 N–H and O–H groups in total. The first-order valence-electron chi connectivity index (χ1n) is 5.26. The van der Waals surface area contributed by atoms with Gasteiger partial charge in [0.25, 0.3) is 0 Å². The Morgan fingerprint density at radius 1 is 1.39 bits per heavy atom. The lowest BCUT2D eigenvalue weighted by Crippen LogP contribution is -2.12. The van der Waals surface area contributed by atoms with Crippen molar-refractivity contribution in [3.63, 3.8) is 0 Å². The standard InChI is InChI=1S/C10H14N6O2/c1-6-3-7(18-16-6)4-12-9-8(17-2)10(15-11)14-5-13-9/h3,5H,4,11H2,1-2H3,(H2,12,13,14,15). The van der Waals surface area contributed by atoms with Crippen LogP contribution in [0.25, 0.3) is 0 Å². The smallest absolute Gasteiger partial charge is 0.205 e. The molecule has 0 saturated carbocycles. The molecular weight excluding hydrogens is 236 g/mol. The van der Waals surface area contributed by atoms with Crippen LogP contribution in [0.5, 0.6) is 5.75 Å². The predicted octanol–water partition coefficient (Wildman–Crippen LogP) is 0.679. The fourth-order valence-electron chi connectivity index (χ4n) is 1.47. The Labute approximate surface area is 104 Å². The third-order valence-electron chi connectivity index (χ3n) is 2.25. The molecule has 0 atom stereocenters. The van der Waals surface area contributed by atoms with Gasteiger partial charge in [-0.15, -0.1) is 0 Å². The van der Waals surface area contributed by atoms with E-state index in [2.05, 4.69) is 25.9 Å². The first-order chi connectivity index (χ1) is 8.74. The molecule has 0 fully saturated rings. The number of nitrogen functional groups attached to an aromatic ring is 1. The van der Waals surface area contributed by atoms with E-state index in [1.165, 1.54) is 13.4 Å². The van der Waals surface area contributed by atoms with E-state index in [1.54, 1.807) is 0 Å². The third-order valence-corrected chi connectivity index (χ3v) is 2.25. The van der Waals surface area contributed by atoms with Crippen LogP contribution in [0.3, 0.4) is 0 Å². The Morgan fingerprint density at radius 2 is 2.17 bits per heavy atom. The number of anilines is 2. The highest BCUT2D eigenvalue weighted by Gasteiger charge is 2.11. The largest absolute Gasteiger partial charge is 0.490 e. The number of nitrogens with one attached hydrogen (secondary N) is 2. The minimum atomic E-state index is 0.406. The van der Waals surface area contributed by atoms with Gasteiger partial charge in [0, 0.05) is 6.07 Å². The molecule has 8 heteroatoms. The molecule has 0 spiro atoms.